The lowest BCUT2D eigenvalue weighted by molar-refractivity contribution is 0.199. The molecule has 4 heteroatoms. The van der Waals surface area contributed by atoms with Gasteiger partial charge in [0, 0.05) is 29.8 Å². The first kappa shape index (κ1) is 13.7. The van der Waals surface area contributed by atoms with Crippen LogP contribution in [-0.2, 0) is 0 Å². The average molecular weight is 269 g/mol. The molecule has 0 bridgehead atoms. The van der Waals surface area contributed by atoms with Crippen LogP contribution in [0.25, 0.3) is 0 Å². The summed E-state index contributed by atoms with van der Waals surface area (Å²) in [6.07, 6.45) is 0.669. The number of hydrogen-bond donors (Lipinski definition) is 1. The summed E-state index contributed by atoms with van der Waals surface area (Å²) < 4.78 is 0. The number of hydrogen-bond acceptors (Lipinski definition) is 3. The molecule has 100 valence electrons. The minimum absolute atomic E-state index is 0.514. The number of anilines is 1. The first-order chi connectivity index (χ1) is 8.49. The normalized spacial score (nSPS) is 21.7. The Balaban J connectivity index is 2.13. The standard InChI is InChI=1S/C14H21ClN2O/c1-10(18)13-5-4-11(8-14(13)15)17-7-6-12(9-17)16(2)3/h4-5,8,10,12,18H,6-7,9H2,1-3H3. The fraction of sp³-hybridized carbons (Fsp3) is 0.571. The number of aliphatic hydroxyl groups is 1. The number of nitrogens with zero attached hydrogens (tertiary/aromatic N) is 2. The fourth-order valence-corrected chi connectivity index (χ4v) is 2.78. The van der Waals surface area contributed by atoms with Crippen molar-refractivity contribution in [2.24, 2.45) is 0 Å². The molecule has 1 N–H and O–H groups in total. The van der Waals surface area contributed by atoms with Crippen LogP contribution >= 0.6 is 11.6 Å². The van der Waals surface area contributed by atoms with Crippen LogP contribution < -0.4 is 4.90 Å². The molecule has 0 saturated carbocycles. The van der Waals surface area contributed by atoms with E-state index in [1.807, 2.05) is 18.2 Å². The molecule has 0 aromatic heterocycles. The molecule has 1 fully saturated rings. The highest BCUT2D eigenvalue weighted by Crippen LogP contribution is 2.30. The summed E-state index contributed by atoms with van der Waals surface area (Å²) in [5.74, 6) is 0. The molecule has 2 atom stereocenters. The Morgan fingerprint density at radius 3 is 2.67 bits per heavy atom. The van der Waals surface area contributed by atoms with Crippen LogP contribution in [0.5, 0.6) is 0 Å². The topological polar surface area (TPSA) is 26.7 Å². The van der Waals surface area contributed by atoms with Crippen LogP contribution in [0.4, 0.5) is 5.69 Å². The monoisotopic (exact) mass is 268 g/mol. The number of benzene rings is 1. The summed E-state index contributed by atoms with van der Waals surface area (Å²) in [6, 6.07) is 6.54. The van der Waals surface area contributed by atoms with E-state index < -0.39 is 6.10 Å². The predicted octanol–water partition coefficient (Wildman–Crippen LogP) is 2.53. The van der Waals surface area contributed by atoms with E-state index in [1.165, 1.54) is 6.42 Å². The lowest BCUT2D eigenvalue weighted by Crippen LogP contribution is -2.31. The van der Waals surface area contributed by atoms with Crippen molar-refractivity contribution in [2.45, 2.75) is 25.5 Å². The van der Waals surface area contributed by atoms with Crippen molar-refractivity contribution in [3.8, 4) is 0 Å². The highest BCUT2D eigenvalue weighted by atomic mass is 35.5. The van der Waals surface area contributed by atoms with Gasteiger partial charge in [-0.3, -0.25) is 0 Å². The molecule has 2 unspecified atom stereocenters. The van der Waals surface area contributed by atoms with Gasteiger partial charge >= 0.3 is 0 Å². The zero-order valence-electron chi connectivity index (χ0n) is 11.2. The van der Waals surface area contributed by atoms with Gasteiger partial charge in [-0.05, 0) is 45.1 Å². The third kappa shape index (κ3) is 2.79. The summed E-state index contributed by atoms with van der Waals surface area (Å²) in [4.78, 5) is 4.62. The van der Waals surface area contributed by atoms with E-state index in [2.05, 4.69) is 23.9 Å². The molecule has 1 heterocycles. The predicted molar refractivity (Wildman–Crippen MR) is 76.4 cm³/mol. The Morgan fingerprint density at radius 2 is 2.17 bits per heavy atom. The number of aliphatic hydroxyl groups excluding tert-OH is 1. The molecule has 1 aliphatic heterocycles. The SMILES string of the molecule is CC(O)c1ccc(N2CCC(N(C)C)C2)cc1Cl. The van der Waals surface area contributed by atoms with E-state index in [0.717, 1.165) is 24.3 Å². The van der Waals surface area contributed by atoms with Crippen LogP contribution in [0.15, 0.2) is 18.2 Å². The first-order valence-electron chi connectivity index (χ1n) is 6.38. The Hall–Kier alpha value is -0.770. The number of rotatable bonds is 3. The molecule has 1 saturated heterocycles. The molecule has 1 aromatic carbocycles. The van der Waals surface area contributed by atoms with Gasteiger partial charge in [0.05, 0.1) is 6.10 Å². The summed E-state index contributed by atoms with van der Waals surface area (Å²) in [5.41, 5.74) is 1.94. The van der Waals surface area contributed by atoms with Gasteiger partial charge in [0.1, 0.15) is 0 Å². The van der Waals surface area contributed by atoms with Gasteiger partial charge in [0.2, 0.25) is 0 Å². The van der Waals surface area contributed by atoms with Crippen molar-refractivity contribution in [3.63, 3.8) is 0 Å². The van der Waals surface area contributed by atoms with Gasteiger partial charge in [0.25, 0.3) is 0 Å². The van der Waals surface area contributed by atoms with E-state index in [4.69, 9.17) is 11.6 Å². The maximum Gasteiger partial charge on any atom is 0.0776 e. The highest BCUT2D eigenvalue weighted by molar-refractivity contribution is 6.31. The van der Waals surface area contributed by atoms with Crippen molar-refractivity contribution in [2.75, 3.05) is 32.1 Å². The second kappa shape index (κ2) is 5.47. The summed E-state index contributed by atoms with van der Waals surface area (Å²) in [7, 11) is 4.25. The molecule has 1 aliphatic rings. The maximum absolute atomic E-state index is 9.57. The number of halogens is 1. The van der Waals surface area contributed by atoms with Crippen molar-refractivity contribution in [3.05, 3.63) is 28.8 Å². The molecule has 2 rings (SSSR count). The molecule has 3 nitrogen and oxygen atoms in total. The fourth-order valence-electron chi connectivity index (χ4n) is 2.45. The van der Waals surface area contributed by atoms with E-state index in [-0.39, 0.29) is 0 Å². The molecule has 18 heavy (non-hydrogen) atoms. The van der Waals surface area contributed by atoms with Crippen LogP contribution in [0.3, 0.4) is 0 Å². The Morgan fingerprint density at radius 1 is 1.44 bits per heavy atom. The molecule has 0 radical (unpaired) electrons. The average Bonchev–Trinajstić information content (AvgIpc) is 2.77. The third-order valence-corrected chi connectivity index (χ3v) is 4.02. The van der Waals surface area contributed by atoms with Crippen LogP contribution in [-0.4, -0.2) is 43.2 Å². The third-order valence-electron chi connectivity index (χ3n) is 3.69. The summed E-state index contributed by atoms with van der Waals surface area (Å²) >= 11 is 6.20. The van der Waals surface area contributed by atoms with Gasteiger partial charge in [-0.15, -0.1) is 0 Å². The summed E-state index contributed by atoms with van der Waals surface area (Å²) in [6.45, 7) is 3.84. The van der Waals surface area contributed by atoms with Crippen LogP contribution in [0.2, 0.25) is 5.02 Å². The quantitative estimate of drug-likeness (QED) is 0.913. The first-order valence-corrected chi connectivity index (χ1v) is 6.75. The van der Waals surface area contributed by atoms with Gasteiger partial charge in [-0.25, -0.2) is 0 Å². The maximum atomic E-state index is 9.57. The number of likely N-dealkylation sites (N-methyl/N-ethyl adjacent to an activating group) is 1. The van der Waals surface area contributed by atoms with Crippen LogP contribution in [0.1, 0.15) is 25.0 Å². The van der Waals surface area contributed by atoms with Crippen molar-refractivity contribution < 1.29 is 5.11 Å². The second-order valence-corrected chi connectivity index (χ2v) is 5.64. The lowest BCUT2D eigenvalue weighted by atomic mass is 10.1. The van der Waals surface area contributed by atoms with E-state index in [1.54, 1.807) is 6.92 Å². The van der Waals surface area contributed by atoms with E-state index in [0.29, 0.717) is 11.1 Å². The Labute approximate surface area is 114 Å². The zero-order valence-corrected chi connectivity index (χ0v) is 12.0. The Kier molecular flexibility index (Phi) is 4.15. The van der Waals surface area contributed by atoms with Gasteiger partial charge in [-0.2, -0.15) is 0 Å². The molecule has 0 amide bonds. The minimum Gasteiger partial charge on any atom is -0.389 e. The van der Waals surface area contributed by atoms with Crippen molar-refractivity contribution in [1.82, 2.24) is 4.90 Å². The molecule has 0 spiro atoms. The Bertz CT molecular complexity index is 420. The molecule has 0 aliphatic carbocycles. The van der Waals surface area contributed by atoms with Gasteiger partial charge in [-0.1, -0.05) is 17.7 Å². The van der Waals surface area contributed by atoms with Crippen molar-refractivity contribution >= 4 is 17.3 Å². The molecular formula is C14H21ClN2O. The van der Waals surface area contributed by atoms with Crippen LogP contribution in [0, 0.1) is 0 Å². The minimum atomic E-state index is -0.514. The van der Waals surface area contributed by atoms with Gasteiger partial charge in [0.15, 0.2) is 0 Å². The largest absolute Gasteiger partial charge is 0.389 e. The lowest BCUT2D eigenvalue weighted by Gasteiger charge is -2.22. The molecular weight excluding hydrogens is 248 g/mol. The van der Waals surface area contributed by atoms with Crippen molar-refractivity contribution in [1.29, 1.82) is 0 Å². The van der Waals surface area contributed by atoms with Gasteiger partial charge < -0.3 is 14.9 Å². The zero-order chi connectivity index (χ0) is 13.3. The molecule has 1 aromatic rings. The second-order valence-electron chi connectivity index (χ2n) is 5.23. The summed E-state index contributed by atoms with van der Waals surface area (Å²) in [5, 5.41) is 10.2. The smallest absolute Gasteiger partial charge is 0.0776 e. The van der Waals surface area contributed by atoms with E-state index in [9.17, 15) is 5.11 Å². The highest BCUT2D eigenvalue weighted by Gasteiger charge is 2.24. The van der Waals surface area contributed by atoms with E-state index >= 15 is 0 Å².